The highest BCUT2D eigenvalue weighted by Gasteiger charge is 2.41. The quantitative estimate of drug-likeness (QED) is 0.540. The molecule has 3 aromatic rings. The molecule has 0 unspecified atom stereocenters. The minimum absolute atomic E-state index is 0.0152. The lowest BCUT2D eigenvalue weighted by Crippen LogP contribution is -2.29. The molecule has 0 aliphatic carbocycles. The van der Waals surface area contributed by atoms with Crippen molar-refractivity contribution in [2.75, 3.05) is 16.8 Å². The Balaban J connectivity index is 1.54. The zero-order valence-corrected chi connectivity index (χ0v) is 18.1. The molecule has 3 aromatic carbocycles. The minimum atomic E-state index is -0.349. The predicted octanol–water partition coefficient (Wildman–Crippen LogP) is 5.30. The van der Waals surface area contributed by atoms with Gasteiger partial charge in [-0.1, -0.05) is 64.5 Å². The van der Waals surface area contributed by atoms with E-state index >= 15 is 0 Å². The van der Waals surface area contributed by atoms with Crippen LogP contribution in [0.25, 0.3) is 0 Å². The molecule has 0 bridgehead atoms. The lowest BCUT2D eigenvalue weighted by atomic mass is 9.87. The fourth-order valence-corrected chi connectivity index (χ4v) is 4.28. The fraction of sp³-hybridized carbons (Fsp3) is 0.200. The maximum Gasteiger partial charge on any atom is 0.230 e. The summed E-state index contributed by atoms with van der Waals surface area (Å²) in [6.07, 6.45) is 0.946. The number of hydrogen-bond donors (Lipinski definition) is 1. The average Bonchev–Trinajstić information content (AvgIpc) is 3.05. The van der Waals surface area contributed by atoms with Gasteiger partial charge in [-0.25, -0.2) is 0 Å². The highest BCUT2D eigenvalue weighted by atomic mass is 79.9. The van der Waals surface area contributed by atoms with Crippen molar-refractivity contribution in [3.63, 3.8) is 0 Å². The maximum atomic E-state index is 13.3. The number of benzene rings is 3. The molecule has 2 amide bonds. The van der Waals surface area contributed by atoms with Gasteiger partial charge in [-0.2, -0.15) is 0 Å². The highest BCUT2D eigenvalue weighted by molar-refractivity contribution is 9.10. The number of anilines is 2. The van der Waals surface area contributed by atoms with Crippen molar-refractivity contribution < 1.29 is 9.59 Å². The smallest absolute Gasteiger partial charge is 0.230 e. The molecule has 4 nitrogen and oxygen atoms in total. The Bertz CT molecular complexity index is 1010. The van der Waals surface area contributed by atoms with E-state index in [2.05, 4.69) is 33.4 Å². The molecule has 4 rings (SSSR count). The van der Waals surface area contributed by atoms with Gasteiger partial charge in [-0.3, -0.25) is 9.59 Å². The van der Waals surface area contributed by atoms with Gasteiger partial charge in [0.25, 0.3) is 0 Å². The SMILES string of the molecule is O=C(C[C@H]1C(=O)N(c2ccc(Br)cc2)C[C@@H]1Cc1ccccc1)Nc1ccccc1. The molecule has 2 atom stereocenters. The van der Waals surface area contributed by atoms with E-state index in [1.807, 2.05) is 77.7 Å². The summed E-state index contributed by atoms with van der Waals surface area (Å²) in [5.41, 5.74) is 2.80. The number of carbonyl (C=O) groups is 2. The van der Waals surface area contributed by atoms with Gasteiger partial charge in [0.2, 0.25) is 11.8 Å². The molecule has 5 heteroatoms. The van der Waals surface area contributed by atoms with Crippen LogP contribution in [0.2, 0.25) is 0 Å². The summed E-state index contributed by atoms with van der Waals surface area (Å²) in [4.78, 5) is 27.8. The van der Waals surface area contributed by atoms with Crippen LogP contribution in [-0.2, 0) is 16.0 Å². The molecule has 1 heterocycles. The monoisotopic (exact) mass is 462 g/mol. The summed E-state index contributed by atoms with van der Waals surface area (Å²) in [5.74, 6) is -0.389. The van der Waals surface area contributed by atoms with E-state index in [1.54, 1.807) is 0 Å². The third-order valence-corrected chi connectivity index (χ3v) is 6.04. The molecule has 1 aliphatic rings. The molecular weight excluding hydrogens is 440 g/mol. The molecule has 152 valence electrons. The van der Waals surface area contributed by atoms with E-state index < -0.39 is 0 Å². The van der Waals surface area contributed by atoms with Crippen LogP contribution in [0.1, 0.15) is 12.0 Å². The van der Waals surface area contributed by atoms with Crippen LogP contribution in [0.15, 0.2) is 89.4 Å². The van der Waals surface area contributed by atoms with Gasteiger partial charge in [0.1, 0.15) is 0 Å². The van der Waals surface area contributed by atoms with Crippen molar-refractivity contribution in [1.82, 2.24) is 0 Å². The molecule has 0 saturated carbocycles. The second-order valence-electron chi connectivity index (χ2n) is 7.60. The highest BCUT2D eigenvalue weighted by Crippen LogP contribution is 2.34. The Morgan fingerprint density at radius 2 is 1.57 bits per heavy atom. The Morgan fingerprint density at radius 1 is 0.933 bits per heavy atom. The molecule has 0 radical (unpaired) electrons. The Labute approximate surface area is 185 Å². The number of carbonyl (C=O) groups excluding carboxylic acids is 2. The van der Waals surface area contributed by atoms with Crippen LogP contribution < -0.4 is 10.2 Å². The number of para-hydroxylation sites is 1. The van der Waals surface area contributed by atoms with E-state index in [1.165, 1.54) is 5.56 Å². The van der Waals surface area contributed by atoms with Crippen molar-refractivity contribution in [2.45, 2.75) is 12.8 Å². The van der Waals surface area contributed by atoms with Crippen LogP contribution in [0, 0.1) is 11.8 Å². The summed E-state index contributed by atoms with van der Waals surface area (Å²) in [7, 11) is 0. The summed E-state index contributed by atoms with van der Waals surface area (Å²) >= 11 is 3.45. The fourth-order valence-electron chi connectivity index (χ4n) is 4.02. The summed E-state index contributed by atoms with van der Waals surface area (Å²) < 4.78 is 0.970. The second-order valence-corrected chi connectivity index (χ2v) is 8.52. The molecule has 1 aliphatic heterocycles. The largest absolute Gasteiger partial charge is 0.326 e. The zero-order valence-electron chi connectivity index (χ0n) is 16.5. The van der Waals surface area contributed by atoms with E-state index in [4.69, 9.17) is 0 Å². The number of amides is 2. The molecule has 1 saturated heterocycles. The summed E-state index contributed by atoms with van der Waals surface area (Å²) in [6, 6.07) is 27.3. The predicted molar refractivity (Wildman–Crippen MR) is 123 cm³/mol. The van der Waals surface area contributed by atoms with E-state index in [9.17, 15) is 9.59 Å². The van der Waals surface area contributed by atoms with Crippen LogP contribution in [0.5, 0.6) is 0 Å². The van der Waals surface area contributed by atoms with Crippen molar-refractivity contribution in [3.8, 4) is 0 Å². The normalized spacial score (nSPS) is 18.4. The molecule has 1 fully saturated rings. The van der Waals surface area contributed by atoms with Gasteiger partial charge in [0.15, 0.2) is 0 Å². The van der Waals surface area contributed by atoms with Gasteiger partial charge < -0.3 is 10.2 Å². The van der Waals surface area contributed by atoms with Gasteiger partial charge in [-0.15, -0.1) is 0 Å². The van der Waals surface area contributed by atoms with Crippen LogP contribution in [0.4, 0.5) is 11.4 Å². The molecule has 30 heavy (non-hydrogen) atoms. The standard InChI is InChI=1S/C25H23BrN2O2/c26-20-11-13-22(14-12-20)28-17-19(15-18-7-3-1-4-8-18)23(25(28)30)16-24(29)27-21-9-5-2-6-10-21/h1-14,19,23H,15-17H2,(H,27,29)/t19-,23+/m0/s1. The number of rotatable bonds is 6. The van der Waals surface area contributed by atoms with Crippen LogP contribution in [-0.4, -0.2) is 18.4 Å². The summed E-state index contributed by atoms with van der Waals surface area (Å²) in [5, 5.41) is 2.92. The van der Waals surface area contributed by atoms with Crippen molar-refractivity contribution in [1.29, 1.82) is 0 Å². The third-order valence-electron chi connectivity index (χ3n) is 5.51. The molecule has 0 aromatic heterocycles. The van der Waals surface area contributed by atoms with Crippen molar-refractivity contribution in [2.24, 2.45) is 11.8 Å². The van der Waals surface area contributed by atoms with E-state index in [-0.39, 0.29) is 30.1 Å². The molecule has 0 spiro atoms. The first-order valence-electron chi connectivity index (χ1n) is 10.1. The lowest BCUT2D eigenvalue weighted by molar-refractivity contribution is -0.125. The van der Waals surface area contributed by atoms with Gasteiger partial charge in [0.05, 0.1) is 5.92 Å². The van der Waals surface area contributed by atoms with E-state index in [0.29, 0.717) is 6.54 Å². The average molecular weight is 463 g/mol. The maximum absolute atomic E-state index is 13.3. The summed E-state index contributed by atoms with van der Waals surface area (Å²) in [6.45, 7) is 0.610. The number of hydrogen-bond acceptors (Lipinski definition) is 2. The first-order chi connectivity index (χ1) is 14.6. The topological polar surface area (TPSA) is 49.4 Å². The molecular formula is C25H23BrN2O2. The Kier molecular flexibility index (Phi) is 6.29. The van der Waals surface area contributed by atoms with Crippen LogP contribution in [0.3, 0.4) is 0 Å². The van der Waals surface area contributed by atoms with Crippen molar-refractivity contribution in [3.05, 3.63) is 95.0 Å². The first-order valence-corrected chi connectivity index (χ1v) is 10.9. The lowest BCUT2D eigenvalue weighted by Gasteiger charge is -2.17. The van der Waals surface area contributed by atoms with Crippen molar-refractivity contribution >= 4 is 39.1 Å². The van der Waals surface area contributed by atoms with Gasteiger partial charge >= 0.3 is 0 Å². The first kappa shape index (κ1) is 20.4. The third kappa shape index (κ3) is 4.79. The Morgan fingerprint density at radius 3 is 2.23 bits per heavy atom. The van der Waals surface area contributed by atoms with Crippen LogP contribution >= 0.6 is 15.9 Å². The number of halogens is 1. The van der Waals surface area contributed by atoms with E-state index in [0.717, 1.165) is 22.3 Å². The minimum Gasteiger partial charge on any atom is -0.326 e. The second kappa shape index (κ2) is 9.26. The number of nitrogens with zero attached hydrogens (tertiary/aromatic N) is 1. The zero-order chi connectivity index (χ0) is 20.9. The number of nitrogens with one attached hydrogen (secondary N) is 1. The molecule has 1 N–H and O–H groups in total. The Hall–Kier alpha value is -2.92. The van der Waals surface area contributed by atoms with Gasteiger partial charge in [0, 0.05) is 28.8 Å². The van der Waals surface area contributed by atoms with Gasteiger partial charge in [-0.05, 0) is 54.3 Å².